The summed E-state index contributed by atoms with van der Waals surface area (Å²) in [5.74, 6) is 0.335. The van der Waals surface area contributed by atoms with Gasteiger partial charge in [-0.15, -0.1) is 0 Å². The molecule has 2 heterocycles. The highest BCUT2D eigenvalue weighted by molar-refractivity contribution is 5.92. The summed E-state index contributed by atoms with van der Waals surface area (Å²) in [7, 11) is 0. The quantitative estimate of drug-likeness (QED) is 0.879. The third-order valence-corrected chi connectivity index (χ3v) is 5.22. The Bertz CT molecular complexity index is 614. The van der Waals surface area contributed by atoms with E-state index in [-0.39, 0.29) is 23.5 Å². The summed E-state index contributed by atoms with van der Waals surface area (Å²) in [5, 5.41) is 5.74. The second kappa shape index (κ2) is 8.43. The Morgan fingerprint density at radius 2 is 2.04 bits per heavy atom. The van der Waals surface area contributed by atoms with Crippen molar-refractivity contribution >= 4 is 17.5 Å². The standard InChI is InChI=1S/C19H26FN3O2/c20-16-2-1-3-17(12-16)22-19(25)15-7-10-23(11-8-15)13-14-4-5-18(24)21-9-6-14/h1-3,12,14-15H,4-11,13H2,(H,21,24)(H,22,25). The molecule has 3 rings (SSSR count). The van der Waals surface area contributed by atoms with Crippen LogP contribution in [-0.4, -0.2) is 42.9 Å². The van der Waals surface area contributed by atoms with Crippen LogP contribution in [-0.2, 0) is 9.59 Å². The van der Waals surface area contributed by atoms with Crippen molar-refractivity contribution in [3.8, 4) is 0 Å². The zero-order valence-corrected chi connectivity index (χ0v) is 14.5. The SMILES string of the molecule is O=C1CCC(CN2CCC(C(=O)Nc3cccc(F)c3)CC2)CCN1. The number of hydrogen-bond acceptors (Lipinski definition) is 3. The molecule has 2 amide bonds. The molecule has 0 aromatic heterocycles. The van der Waals surface area contributed by atoms with Crippen molar-refractivity contribution in [3.63, 3.8) is 0 Å². The number of benzene rings is 1. The number of nitrogens with zero attached hydrogens (tertiary/aromatic N) is 1. The van der Waals surface area contributed by atoms with Crippen molar-refractivity contribution in [2.45, 2.75) is 32.1 Å². The van der Waals surface area contributed by atoms with E-state index in [2.05, 4.69) is 15.5 Å². The Balaban J connectivity index is 1.43. The number of hydrogen-bond donors (Lipinski definition) is 2. The van der Waals surface area contributed by atoms with E-state index in [4.69, 9.17) is 0 Å². The van der Waals surface area contributed by atoms with Gasteiger partial charge >= 0.3 is 0 Å². The smallest absolute Gasteiger partial charge is 0.227 e. The van der Waals surface area contributed by atoms with Crippen molar-refractivity contribution in [1.82, 2.24) is 10.2 Å². The lowest BCUT2D eigenvalue weighted by Crippen LogP contribution is -2.40. The van der Waals surface area contributed by atoms with Crippen LogP contribution in [0, 0.1) is 17.7 Å². The third kappa shape index (κ3) is 5.26. The van der Waals surface area contributed by atoms with Crippen LogP contribution in [0.3, 0.4) is 0 Å². The number of piperidine rings is 1. The molecule has 2 N–H and O–H groups in total. The fourth-order valence-electron chi connectivity index (χ4n) is 3.72. The number of amides is 2. The molecule has 136 valence electrons. The van der Waals surface area contributed by atoms with Crippen LogP contribution in [0.25, 0.3) is 0 Å². The minimum Gasteiger partial charge on any atom is -0.356 e. The van der Waals surface area contributed by atoms with Gasteiger partial charge < -0.3 is 15.5 Å². The highest BCUT2D eigenvalue weighted by Gasteiger charge is 2.27. The van der Waals surface area contributed by atoms with Crippen molar-refractivity contribution in [2.24, 2.45) is 11.8 Å². The monoisotopic (exact) mass is 347 g/mol. The third-order valence-electron chi connectivity index (χ3n) is 5.22. The largest absolute Gasteiger partial charge is 0.356 e. The molecule has 5 nitrogen and oxygen atoms in total. The average molecular weight is 347 g/mol. The molecule has 0 spiro atoms. The van der Waals surface area contributed by atoms with Crippen LogP contribution in [0.1, 0.15) is 32.1 Å². The van der Waals surface area contributed by atoms with Gasteiger partial charge in [-0.25, -0.2) is 4.39 Å². The Kier molecular flexibility index (Phi) is 6.02. The molecular formula is C19H26FN3O2. The second-order valence-corrected chi connectivity index (χ2v) is 7.12. The van der Waals surface area contributed by atoms with E-state index >= 15 is 0 Å². The lowest BCUT2D eigenvalue weighted by Gasteiger charge is -2.33. The van der Waals surface area contributed by atoms with E-state index in [0.717, 1.165) is 51.9 Å². The molecule has 0 bridgehead atoms. The Morgan fingerprint density at radius 3 is 2.80 bits per heavy atom. The van der Waals surface area contributed by atoms with Crippen molar-refractivity contribution < 1.29 is 14.0 Å². The fourth-order valence-corrected chi connectivity index (χ4v) is 3.72. The molecule has 1 aromatic rings. The summed E-state index contributed by atoms with van der Waals surface area (Å²) < 4.78 is 13.2. The zero-order valence-electron chi connectivity index (χ0n) is 14.5. The van der Waals surface area contributed by atoms with Gasteiger partial charge in [0.2, 0.25) is 11.8 Å². The molecule has 1 unspecified atom stereocenters. The van der Waals surface area contributed by atoms with E-state index in [1.54, 1.807) is 12.1 Å². The molecule has 0 aliphatic carbocycles. The van der Waals surface area contributed by atoms with Gasteiger partial charge in [0.1, 0.15) is 5.82 Å². The number of likely N-dealkylation sites (tertiary alicyclic amines) is 1. The van der Waals surface area contributed by atoms with Crippen LogP contribution in [0.15, 0.2) is 24.3 Å². The van der Waals surface area contributed by atoms with Gasteiger partial charge in [0.05, 0.1) is 0 Å². The lowest BCUT2D eigenvalue weighted by molar-refractivity contribution is -0.122. The van der Waals surface area contributed by atoms with Crippen LogP contribution in [0.5, 0.6) is 0 Å². The highest BCUT2D eigenvalue weighted by Crippen LogP contribution is 2.23. The molecule has 2 aliphatic rings. The van der Waals surface area contributed by atoms with Crippen LogP contribution in [0.2, 0.25) is 0 Å². The zero-order chi connectivity index (χ0) is 17.6. The lowest BCUT2D eigenvalue weighted by atomic mass is 9.93. The summed E-state index contributed by atoms with van der Waals surface area (Å²) in [6, 6.07) is 6.01. The summed E-state index contributed by atoms with van der Waals surface area (Å²) >= 11 is 0. The molecule has 2 fully saturated rings. The van der Waals surface area contributed by atoms with Crippen LogP contribution in [0.4, 0.5) is 10.1 Å². The molecule has 1 atom stereocenters. The fraction of sp³-hybridized carbons (Fsp3) is 0.579. The van der Waals surface area contributed by atoms with Crippen LogP contribution < -0.4 is 10.6 Å². The van der Waals surface area contributed by atoms with Crippen molar-refractivity contribution in [3.05, 3.63) is 30.1 Å². The van der Waals surface area contributed by atoms with Gasteiger partial charge in [-0.1, -0.05) is 6.07 Å². The average Bonchev–Trinajstić information content (AvgIpc) is 2.80. The molecule has 0 saturated carbocycles. The van der Waals surface area contributed by atoms with E-state index in [1.807, 2.05) is 0 Å². The predicted octanol–water partition coefficient (Wildman–Crippen LogP) is 2.39. The Labute approximate surface area is 148 Å². The summed E-state index contributed by atoms with van der Waals surface area (Å²) in [6.07, 6.45) is 4.25. The minimum absolute atomic E-state index is 0.0168. The number of carbonyl (C=O) groups excluding carboxylic acids is 2. The number of carbonyl (C=O) groups is 2. The Morgan fingerprint density at radius 1 is 1.24 bits per heavy atom. The van der Waals surface area contributed by atoms with E-state index < -0.39 is 0 Å². The van der Waals surface area contributed by atoms with Gasteiger partial charge in [0, 0.05) is 31.1 Å². The molecule has 2 aliphatic heterocycles. The summed E-state index contributed by atoms with van der Waals surface area (Å²) in [6.45, 7) is 3.58. The first-order valence-electron chi connectivity index (χ1n) is 9.15. The number of anilines is 1. The molecule has 1 aromatic carbocycles. The van der Waals surface area contributed by atoms with Gasteiger partial charge in [0.15, 0.2) is 0 Å². The summed E-state index contributed by atoms with van der Waals surface area (Å²) in [5.41, 5.74) is 0.517. The van der Waals surface area contributed by atoms with Gasteiger partial charge in [-0.05, 0) is 62.9 Å². The molecule has 0 radical (unpaired) electrons. The molecular weight excluding hydrogens is 321 g/mol. The molecule has 2 saturated heterocycles. The number of rotatable bonds is 4. The van der Waals surface area contributed by atoms with Crippen molar-refractivity contribution in [2.75, 3.05) is 31.5 Å². The van der Waals surface area contributed by atoms with E-state index in [1.165, 1.54) is 12.1 Å². The topological polar surface area (TPSA) is 61.4 Å². The van der Waals surface area contributed by atoms with Crippen molar-refractivity contribution in [1.29, 1.82) is 0 Å². The number of halogens is 1. The maximum Gasteiger partial charge on any atom is 0.227 e. The van der Waals surface area contributed by atoms with Gasteiger partial charge in [0.25, 0.3) is 0 Å². The minimum atomic E-state index is -0.344. The molecule has 25 heavy (non-hydrogen) atoms. The Hall–Kier alpha value is -1.95. The maximum atomic E-state index is 13.2. The maximum absolute atomic E-state index is 13.2. The van der Waals surface area contributed by atoms with Gasteiger partial charge in [-0.2, -0.15) is 0 Å². The first-order valence-corrected chi connectivity index (χ1v) is 9.15. The normalized spacial score (nSPS) is 22.9. The first kappa shape index (κ1) is 17.9. The number of nitrogens with one attached hydrogen (secondary N) is 2. The van der Waals surface area contributed by atoms with E-state index in [0.29, 0.717) is 18.0 Å². The second-order valence-electron chi connectivity index (χ2n) is 7.12. The highest BCUT2D eigenvalue weighted by atomic mass is 19.1. The van der Waals surface area contributed by atoms with E-state index in [9.17, 15) is 14.0 Å². The van der Waals surface area contributed by atoms with Gasteiger partial charge in [-0.3, -0.25) is 9.59 Å². The first-order chi connectivity index (χ1) is 12.1. The summed E-state index contributed by atoms with van der Waals surface area (Å²) in [4.78, 5) is 26.2. The predicted molar refractivity (Wildman–Crippen MR) is 94.5 cm³/mol. The molecule has 6 heteroatoms. The van der Waals surface area contributed by atoms with Crippen LogP contribution >= 0.6 is 0 Å².